The lowest BCUT2D eigenvalue weighted by Gasteiger charge is -2.27. The normalized spacial score (nSPS) is 19.3. The average molecular weight is 310 g/mol. The quantitative estimate of drug-likeness (QED) is 0.909. The van der Waals surface area contributed by atoms with Gasteiger partial charge in [0, 0.05) is 17.1 Å². The summed E-state index contributed by atoms with van der Waals surface area (Å²) in [5.74, 6) is -0.849. The third-order valence-electron chi connectivity index (χ3n) is 4.06. The van der Waals surface area contributed by atoms with Gasteiger partial charge in [-0.05, 0) is 52.9 Å². The zero-order valence-corrected chi connectivity index (χ0v) is 11.7. The Kier molecular flexibility index (Phi) is 3.06. The lowest BCUT2D eigenvalue weighted by atomic mass is 10.1. The van der Waals surface area contributed by atoms with Crippen molar-refractivity contribution >= 4 is 27.6 Å². The van der Waals surface area contributed by atoms with Crippen LogP contribution in [0.1, 0.15) is 41.6 Å². The average Bonchev–Trinajstić information content (AvgIpc) is 2.96. The maximum atomic E-state index is 11.1. The molecule has 96 valence electrons. The second-order valence-electron chi connectivity index (χ2n) is 5.15. The van der Waals surface area contributed by atoms with Gasteiger partial charge in [0.2, 0.25) is 0 Å². The van der Waals surface area contributed by atoms with E-state index in [1.54, 1.807) is 6.07 Å². The first kappa shape index (κ1) is 12.0. The van der Waals surface area contributed by atoms with Gasteiger partial charge in [-0.2, -0.15) is 0 Å². The number of anilines is 1. The van der Waals surface area contributed by atoms with Crippen LogP contribution in [0.2, 0.25) is 0 Å². The number of halogens is 1. The monoisotopic (exact) mass is 309 g/mol. The van der Waals surface area contributed by atoms with Crippen molar-refractivity contribution in [3.05, 3.63) is 27.7 Å². The molecule has 18 heavy (non-hydrogen) atoms. The molecule has 0 unspecified atom stereocenters. The van der Waals surface area contributed by atoms with Crippen LogP contribution in [0.5, 0.6) is 0 Å². The molecule has 1 aliphatic heterocycles. The minimum atomic E-state index is -0.849. The molecule has 0 saturated heterocycles. The van der Waals surface area contributed by atoms with E-state index in [9.17, 15) is 4.79 Å². The highest BCUT2D eigenvalue weighted by Crippen LogP contribution is 2.40. The summed E-state index contributed by atoms with van der Waals surface area (Å²) in [6, 6.07) is 4.21. The lowest BCUT2D eigenvalue weighted by Crippen LogP contribution is -2.31. The highest BCUT2D eigenvalue weighted by atomic mass is 79.9. The molecule has 1 saturated carbocycles. The van der Waals surface area contributed by atoms with Crippen LogP contribution < -0.4 is 4.90 Å². The van der Waals surface area contributed by atoms with Crippen molar-refractivity contribution in [3.8, 4) is 0 Å². The van der Waals surface area contributed by atoms with E-state index in [1.807, 2.05) is 6.07 Å². The van der Waals surface area contributed by atoms with Gasteiger partial charge >= 0.3 is 5.97 Å². The topological polar surface area (TPSA) is 40.5 Å². The summed E-state index contributed by atoms with van der Waals surface area (Å²) in [4.78, 5) is 13.5. The Labute approximate surface area is 115 Å². The summed E-state index contributed by atoms with van der Waals surface area (Å²) < 4.78 is 0.932. The van der Waals surface area contributed by atoms with Gasteiger partial charge in [-0.1, -0.05) is 12.8 Å². The third kappa shape index (κ3) is 1.92. The predicted molar refractivity (Wildman–Crippen MR) is 74.4 cm³/mol. The van der Waals surface area contributed by atoms with E-state index in [0.29, 0.717) is 11.6 Å². The second-order valence-corrected chi connectivity index (χ2v) is 6.01. The van der Waals surface area contributed by atoms with Crippen LogP contribution >= 0.6 is 15.9 Å². The maximum absolute atomic E-state index is 11.1. The number of fused-ring (bicyclic) bond motifs is 1. The van der Waals surface area contributed by atoms with Crippen LogP contribution in [-0.4, -0.2) is 23.7 Å². The van der Waals surface area contributed by atoms with E-state index >= 15 is 0 Å². The molecule has 0 radical (unpaired) electrons. The fourth-order valence-corrected chi connectivity index (χ4v) is 3.95. The Morgan fingerprint density at radius 3 is 2.72 bits per heavy atom. The van der Waals surface area contributed by atoms with Crippen molar-refractivity contribution < 1.29 is 9.90 Å². The van der Waals surface area contributed by atoms with Crippen LogP contribution in [0.4, 0.5) is 5.69 Å². The molecule has 1 fully saturated rings. The Balaban J connectivity index is 1.98. The van der Waals surface area contributed by atoms with Crippen LogP contribution in [0.15, 0.2) is 16.6 Å². The minimum Gasteiger partial charge on any atom is -0.478 e. The molecule has 0 aromatic heterocycles. The summed E-state index contributed by atoms with van der Waals surface area (Å²) in [5, 5.41) is 9.08. The first-order valence-corrected chi connectivity index (χ1v) is 7.28. The second kappa shape index (κ2) is 4.57. The van der Waals surface area contributed by atoms with Crippen molar-refractivity contribution in [2.75, 3.05) is 11.4 Å². The van der Waals surface area contributed by atoms with Gasteiger partial charge in [-0.15, -0.1) is 0 Å². The van der Waals surface area contributed by atoms with E-state index in [-0.39, 0.29) is 0 Å². The molecule has 0 amide bonds. The van der Waals surface area contributed by atoms with E-state index in [2.05, 4.69) is 20.8 Å². The molecule has 4 heteroatoms. The minimum absolute atomic E-state index is 0.383. The zero-order chi connectivity index (χ0) is 12.7. The summed E-state index contributed by atoms with van der Waals surface area (Å²) >= 11 is 3.55. The van der Waals surface area contributed by atoms with E-state index in [0.717, 1.165) is 17.4 Å². The number of carboxylic acids is 1. The van der Waals surface area contributed by atoms with Crippen LogP contribution in [0, 0.1) is 0 Å². The molecular weight excluding hydrogens is 294 g/mol. The van der Waals surface area contributed by atoms with Gasteiger partial charge < -0.3 is 10.0 Å². The molecule has 0 bridgehead atoms. The van der Waals surface area contributed by atoms with Crippen molar-refractivity contribution in [2.24, 2.45) is 0 Å². The van der Waals surface area contributed by atoms with E-state index in [1.165, 1.54) is 36.9 Å². The van der Waals surface area contributed by atoms with Gasteiger partial charge in [0.15, 0.2) is 0 Å². The van der Waals surface area contributed by atoms with Gasteiger partial charge in [0.25, 0.3) is 0 Å². The van der Waals surface area contributed by atoms with Crippen LogP contribution in [-0.2, 0) is 6.42 Å². The third-order valence-corrected chi connectivity index (χ3v) is 4.67. The van der Waals surface area contributed by atoms with Gasteiger partial charge in [0.1, 0.15) is 0 Å². The van der Waals surface area contributed by atoms with Crippen molar-refractivity contribution in [1.29, 1.82) is 0 Å². The largest absolute Gasteiger partial charge is 0.478 e. The molecule has 1 aliphatic carbocycles. The fraction of sp³-hybridized carbons (Fsp3) is 0.500. The summed E-state index contributed by atoms with van der Waals surface area (Å²) in [6.07, 6.45) is 6.15. The number of carbonyl (C=O) groups is 1. The summed E-state index contributed by atoms with van der Waals surface area (Å²) in [5.41, 5.74) is 2.79. The standard InChI is InChI=1S/C14H16BrNO2/c15-12-8-10(14(17)18)7-9-5-6-16(13(9)12)11-3-1-2-4-11/h7-8,11H,1-6H2,(H,17,18). The Morgan fingerprint density at radius 1 is 1.33 bits per heavy atom. The molecule has 1 N–H and O–H groups in total. The predicted octanol–water partition coefficient (Wildman–Crippen LogP) is 3.45. The number of carboxylic acid groups (broad SMARTS) is 1. The number of rotatable bonds is 2. The molecule has 0 atom stereocenters. The SMILES string of the molecule is O=C(O)c1cc(Br)c2c(c1)CCN2C1CCCC1. The highest BCUT2D eigenvalue weighted by Gasteiger charge is 2.30. The zero-order valence-electron chi connectivity index (χ0n) is 10.2. The number of benzene rings is 1. The van der Waals surface area contributed by atoms with Gasteiger partial charge in [-0.25, -0.2) is 4.79 Å². The number of hydrogen-bond acceptors (Lipinski definition) is 2. The molecule has 3 nitrogen and oxygen atoms in total. The smallest absolute Gasteiger partial charge is 0.335 e. The van der Waals surface area contributed by atoms with Crippen molar-refractivity contribution in [1.82, 2.24) is 0 Å². The van der Waals surface area contributed by atoms with Gasteiger partial charge in [-0.3, -0.25) is 0 Å². The lowest BCUT2D eigenvalue weighted by molar-refractivity contribution is 0.0696. The molecule has 1 aromatic rings. The number of aromatic carboxylic acids is 1. The van der Waals surface area contributed by atoms with Crippen LogP contribution in [0.25, 0.3) is 0 Å². The molecule has 1 heterocycles. The summed E-state index contributed by atoms with van der Waals surface area (Å²) in [6.45, 7) is 1.03. The first-order valence-electron chi connectivity index (χ1n) is 6.49. The van der Waals surface area contributed by atoms with Crippen molar-refractivity contribution in [3.63, 3.8) is 0 Å². The molecule has 2 aliphatic rings. The fourth-order valence-electron chi connectivity index (χ4n) is 3.23. The molecule has 0 spiro atoms. The van der Waals surface area contributed by atoms with E-state index in [4.69, 9.17) is 5.11 Å². The molecule has 1 aromatic carbocycles. The Bertz CT molecular complexity index is 495. The summed E-state index contributed by atoms with van der Waals surface area (Å²) in [7, 11) is 0. The Morgan fingerprint density at radius 2 is 2.06 bits per heavy atom. The first-order chi connectivity index (χ1) is 8.66. The maximum Gasteiger partial charge on any atom is 0.335 e. The van der Waals surface area contributed by atoms with Crippen LogP contribution in [0.3, 0.4) is 0 Å². The van der Waals surface area contributed by atoms with Gasteiger partial charge in [0.05, 0.1) is 11.3 Å². The highest BCUT2D eigenvalue weighted by molar-refractivity contribution is 9.10. The van der Waals surface area contributed by atoms with Crippen molar-refractivity contribution in [2.45, 2.75) is 38.1 Å². The molecule has 3 rings (SSSR count). The number of hydrogen-bond donors (Lipinski definition) is 1. The van der Waals surface area contributed by atoms with E-state index < -0.39 is 5.97 Å². The Hall–Kier alpha value is -1.03. The number of nitrogens with zero attached hydrogens (tertiary/aromatic N) is 1. The molecular formula is C14H16BrNO2.